The summed E-state index contributed by atoms with van der Waals surface area (Å²) in [6, 6.07) is 8.22. The maximum absolute atomic E-state index is 6.59. The molecule has 0 N–H and O–H groups in total. The average Bonchev–Trinajstić information content (AvgIpc) is 2.88. The molecule has 0 bridgehead atoms. The van der Waals surface area contributed by atoms with E-state index in [0.29, 0.717) is 0 Å². The first-order chi connectivity index (χ1) is 9.04. The number of halogens is 1. The number of rotatable bonds is 2. The molecule has 1 aromatic carbocycles. The predicted octanol–water partition coefficient (Wildman–Crippen LogP) is 4.55. The van der Waals surface area contributed by atoms with Crippen molar-refractivity contribution >= 4 is 11.6 Å². The zero-order valence-electron chi connectivity index (χ0n) is 11.4. The Labute approximate surface area is 118 Å². The molecule has 3 heteroatoms. The van der Waals surface area contributed by atoms with Crippen LogP contribution in [-0.2, 0) is 6.42 Å². The molecule has 19 heavy (non-hydrogen) atoms. The smallest absolute Gasteiger partial charge is 0.123 e. The lowest BCUT2D eigenvalue weighted by molar-refractivity contribution is 0.254. The van der Waals surface area contributed by atoms with Gasteiger partial charge in [-0.1, -0.05) is 12.1 Å². The summed E-state index contributed by atoms with van der Waals surface area (Å²) in [5.41, 5.74) is 3.39. The zero-order valence-corrected chi connectivity index (χ0v) is 12.1. The normalized spacial score (nSPS) is 19.1. The number of aryl methyl sites for hydroxylation is 2. The van der Waals surface area contributed by atoms with Gasteiger partial charge in [-0.3, -0.25) is 0 Å². The number of benzene rings is 1. The highest BCUT2D eigenvalue weighted by Gasteiger charge is 2.22. The molecule has 2 aromatic rings. The van der Waals surface area contributed by atoms with Crippen molar-refractivity contribution in [2.45, 2.75) is 38.7 Å². The van der Waals surface area contributed by atoms with E-state index in [4.69, 9.17) is 20.8 Å². The van der Waals surface area contributed by atoms with Gasteiger partial charge in [0, 0.05) is 12.0 Å². The maximum Gasteiger partial charge on any atom is 0.123 e. The monoisotopic (exact) mass is 276 g/mol. The molecule has 2 nitrogen and oxygen atoms in total. The van der Waals surface area contributed by atoms with Crippen LogP contribution in [0, 0.1) is 13.8 Å². The maximum atomic E-state index is 6.59. The van der Waals surface area contributed by atoms with E-state index >= 15 is 0 Å². The quantitative estimate of drug-likeness (QED) is 0.751. The summed E-state index contributed by atoms with van der Waals surface area (Å²) >= 11 is 6.59. The third-order valence-electron chi connectivity index (χ3n) is 3.57. The Bertz CT molecular complexity index is 615. The Hall–Kier alpha value is -1.41. The average molecular weight is 277 g/mol. The molecule has 1 aromatic heterocycles. The van der Waals surface area contributed by atoms with Crippen molar-refractivity contribution in [1.82, 2.24) is 0 Å². The fourth-order valence-electron chi connectivity index (χ4n) is 2.68. The lowest BCUT2D eigenvalue weighted by Crippen LogP contribution is -2.05. The van der Waals surface area contributed by atoms with E-state index in [2.05, 4.69) is 13.0 Å². The SMILES string of the molecule is Cc1cc(C(Cl)c2ccc3c(c2)CC(C)O3)c(C)o1. The van der Waals surface area contributed by atoms with Crippen LogP contribution in [0.15, 0.2) is 28.7 Å². The largest absolute Gasteiger partial charge is 0.490 e. The molecule has 3 rings (SSSR count). The van der Waals surface area contributed by atoms with Gasteiger partial charge in [-0.05, 0) is 44.0 Å². The summed E-state index contributed by atoms with van der Waals surface area (Å²) < 4.78 is 11.3. The van der Waals surface area contributed by atoms with Gasteiger partial charge in [0.25, 0.3) is 0 Å². The van der Waals surface area contributed by atoms with E-state index in [1.807, 2.05) is 32.0 Å². The van der Waals surface area contributed by atoms with Crippen molar-refractivity contribution in [3.8, 4) is 5.75 Å². The summed E-state index contributed by atoms with van der Waals surface area (Å²) in [5, 5.41) is -0.168. The lowest BCUT2D eigenvalue weighted by Gasteiger charge is -2.10. The van der Waals surface area contributed by atoms with Crippen molar-refractivity contribution in [2.75, 3.05) is 0 Å². The van der Waals surface area contributed by atoms with Gasteiger partial charge in [0.2, 0.25) is 0 Å². The molecule has 0 saturated heterocycles. The van der Waals surface area contributed by atoms with Crippen LogP contribution in [0.1, 0.15) is 40.5 Å². The van der Waals surface area contributed by atoms with Crippen molar-refractivity contribution in [3.63, 3.8) is 0 Å². The number of alkyl halides is 1. The third kappa shape index (κ3) is 2.25. The predicted molar refractivity (Wildman–Crippen MR) is 76.1 cm³/mol. The Kier molecular flexibility index (Phi) is 3.06. The second-order valence-corrected chi connectivity index (χ2v) is 5.67. The third-order valence-corrected chi connectivity index (χ3v) is 4.05. The first kappa shape index (κ1) is 12.6. The van der Waals surface area contributed by atoms with E-state index in [1.165, 1.54) is 5.56 Å². The molecule has 0 spiro atoms. The number of hydrogen-bond acceptors (Lipinski definition) is 2. The topological polar surface area (TPSA) is 22.4 Å². The van der Waals surface area contributed by atoms with Crippen molar-refractivity contribution in [3.05, 3.63) is 52.5 Å². The zero-order chi connectivity index (χ0) is 13.6. The van der Waals surface area contributed by atoms with Gasteiger partial charge in [0.1, 0.15) is 23.4 Å². The lowest BCUT2D eigenvalue weighted by atomic mass is 10.0. The Balaban J connectivity index is 1.95. The molecule has 0 aliphatic carbocycles. The van der Waals surface area contributed by atoms with Gasteiger partial charge >= 0.3 is 0 Å². The van der Waals surface area contributed by atoms with Gasteiger partial charge in [-0.25, -0.2) is 0 Å². The molecule has 1 aliphatic heterocycles. The minimum absolute atomic E-state index is 0.168. The Morgan fingerprint density at radius 3 is 2.74 bits per heavy atom. The minimum atomic E-state index is -0.168. The standard InChI is InChI=1S/C16H17ClO2/c1-9-6-13-8-12(4-5-15(13)19-9)16(17)14-7-10(2)18-11(14)3/h4-5,7-9,16H,6H2,1-3H3. The van der Waals surface area contributed by atoms with Crippen LogP contribution in [0.4, 0.5) is 0 Å². The van der Waals surface area contributed by atoms with Gasteiger partial charge < -0.3 is 9.15 Å². The van der Waals surface area contributed by atoms with Crippen molar-refractivity contribution in [1.29, 1.82) is 0 Å². The highest BCUT2D eigenvalue weighted by atomic mass is 35.5. The second kappa shape index (κ2) is 4.61. The second-order valence-electron chi connectivity index (χ2n) is 5.23. The van der Waals surface area contributed by atoms with Crippen LogP contribution in [0.3, 0.4) is 0 Å². The first-order valence-corrected chi connectivity index (χ1v) is 6.98. The fourth-order valence-corrected chi connectivity index (χ4v) is 3.03. The highest BCUT2D eigenvalue weighted by molar-refractivity contribution is 6.22. The van der Waals surface area contributed by atoms with Gasteiger partial charge in [0.15, 0.2) is 0 Å². The number of fused-ring (bicyclic) bond motifs is 1. The highest BCUT2D eigenvalue weighted by Crippen LogP contribution is 2.37. The van der Waals surface area contributed by atoms with Crippen LogP contribution >= 0.6 is 11.6 Å². The van der Waals surface area contributed by atoms with Gasteiger partial charge in [-0.15, -0.1) is 11.6 Å². The van der Waals surface area contributed by atoms with Crippen molar-refractivity contribution in [2.24, 2.45) is 0 Å². The molecule has 0 fully saturated rings. The molecular formula is C16H17ClO2. The number of ether oxygens (including phenoxy) is 1. The molecule has 0 saturated carbocycles. The van der Waals surface area contributed by atoms with E-state index < -0.39 is 0 Å². The molecular weight excluding hydrogens is 260 g/mol. The van der Waals surface area contributed by atoms with Gasteiger partial charge in [0.05, 0.1) is 5.38 Å². The summed E-state index contributed by atoms with van der Waals surface area (Å²) in [6.07, 6.45) is 1.22. The molecule has 1 aliphatic rings. The summed E-state index contributed by atoms with van der Waals surface area (Å²) in [4.78, 5) is 0. The van der Waals surface area contributed by atoms with Crippen LogP contribution in [0.5, 0.6) is 5.75 Å². The van der Waals surface area contributed by atoms with E-state index in [0.717, 1.165) is 34.8 Å². The van der Waals surface area contributed by atoms with Crippen LogP contribution in [-0.4, -0.2) is 6.10 Å². The van der Waals surface area contributed by atoms with Crippen LogP contribution < -0.4 is 4.74 Å². The minimum Gasteiger partial charge on any atom is -0.490 e. The summed E-state index contributed by atoms with van der Waals surface area (Å²) in [7, 11) is 0. The summed E-state index contributed by atoms with van der Waals surface area (Å²) in [6.45, 7) is 5.98. The van der Waals surface area contributed by atoms with Crippen LogP contribution in [0.25, 0.3) is 0 Å². The molecule has 0 amide bonds. The summed E-state index contributed by atoms with van der Waals surface area (Å²) in [5.74, 6) is 2.78. The molecule has 0 radical (unpaired) electrons. The number of furan rings is 1. The van der Waals surface area contributed by atoms with Crippen LogP contribution in [0.2, 0.25) is 0 Å². The molecule has 100 valence electrons. The van der Waals surface area contributed by atoms with Crippen molar-refractivity contribution < 1.29 is 9.15 Å². The fraction of sp³-hybridized carbons (Fsp3) is 0.375. The van der Waals surface area contributed by atoms with Gasteiger partial charge in [-0.2, -0.15) is 0 Å². The van der Waals surface area contributed by atoms with E-state index in [9.17, 15) is 0 Å². The van der Waals surface area contributed by atoms with E-state index in [-0.39, 0.29) is 11.5 Å². The molecule has 2 atom stereocenters. The van der Waals surface area contributed by atoms with E-state index in [1.54, 1.807) is 0 Å². The number of hydrogen-bond donors (Lipinski definition) is 0. The Morgan fingerprint density at radius 2 is 2.05 bits per heavy atom. The first-order valence-electron chi connectivity index (χ1n) is 6.55. The molecule has 2 heterocycles. The molecule has 2 unspecified atom stereocenters. The Morgan fingerprint density at radius 1 is 1.26 bits per heavy atom.